The van der Waals surface area contributed by atoms with E-state index in [4.69, 9.17) is 0 Å². The standard InChI is InChI=1S/C21H24N2O5/c1-21(2,3)16-9-7-14(8-10-16)12-18(20(25)26)22-19(24)13-15-5-4-6-17(11-15)23(27)28/h4-11,18H,12-13H2,1-3H3,(H,22,24)(H,25,26)/t18-/m0/s1. The van der Waals surface area contributed by atoms with Crippen LogP contribution < -0.4 is 5.32 Å². The molecule has 0 aliphatic rings. The van der Waals surface area contributed by atoms with Gasteiger partial charge in [-0.3, -0.25) is 14.9 Å². The van der Waals surface area contributed by atoms with Crippen LogP contribution in [0.2, 0.25) is 0 Å². The normalized spacial score (nSPS) is 12.2. The average molecular weight is 384 g/mol. The lowest BCUT2D eigenvalue weighted by Crippen LogP contribution is -2.43. The molecule has 0 fully saturated rings. The molecular weight excluding hydrogens is 360 g/mol. The number of carbonyl (C=O) groups excluding carboxylic acids is 1. The Morgan fingerprint density at radius 1 is 1.11 bits per heavy atom. The van der Waals surface area contributed by atoms with Crippen LogP contribution in [0.5, 0.6) is 0 Å². The number of hydrogen-bond donors (Lipinski definition) is 2. The van der Waals surface area contributed by atoms with Gasteiger partial charge in [-0.05, 0) is 22.1 Å². The third-order valence-corrected chi connectivity index (χ3v) is 4.38. The number of nitro benzene ring substituents is 1. The van der Waals surface area contributed by atoms with E-state index in [1.54, 1.807) is 6.07 Å². The zero-order valence-electron chi connectivity index (χ0n) is 16.1. The predicted molar refractivity (Wildman–Crippen MR) is 105 cm³/mol. The van der Waals surface area contributed by atoms with Crippen molar-refractivity contribution in [3.05, 3.63) is 75.3 Å². The molecule has 28 heavy (non-hydrogen) atoms. The molecule has 7 heteroatoms. The van der Waals surface area contributed by atoms with Gasteiger partial charge in [-0.1, -0.05) is 57.2 Å². The van der Waals surface area contributed by atoms with Crippen molar-refractivity contribution in [2.45, 2.75) is 45.1 Å². The van der Waals surface area contributed by atoms with Crippen molar-refractivity contribution < 1.29 is 19.6 Å². The maximum absolute atomic E-state index is 12.2. The lowest BCUT2D eigenvalue weighted by molar-refractivity contribution is -0.384. The minimum atomic E-state index is -1.13. The first-order valence-corrected chi connectivity index (χ1v) is 8.91. The monoisotopic (exact) mass is 384 g/mol. The number of carbonyl (C=O) groups is 2. The van der Waals surface area contributed by atoms with Gasteiger partial charge in [0.25, 0.3) is 5.69 Å². The Labute approximate surface area is 163 Å². The van der Waals surface area contributed by atoms with Gasteiger partial charge in [0.1, 0.15) is 6.04 Å². The van der Waals surface area contributed by atoms with E-state index in [9.17, 15) is 24.8 Å². The van der Waals surface area contributed by atoms with Crippen LogP contribution in [0, 0.1) is 10.1 Å². The van der Waals surface area contributed by atoms with Crippen LogP contribution in [0.15, 0.2) is 48.5 Å². The molecule has 0 saturated heterocycles. The Bertz CT molecular complexity index is 869. The van der Waals surface area contributed by atoms with Crippen LogP contribution >= 0.6 is 0 Å². The highest BCUT2D eigenvalue weighted by Crippen LogP contribution is 2.22. The van der Waals surface area contributed by atoms with E-state index < -0.39 is 22.8 Å². The number of nitro groups is 1. The highest BCUT2D eigenvalue weighted by molar-refractivity contribution is 5.85. The third-order valence-electron chi connectivity index (χ3n) is 4.38. The van der Waals surface area contributed by atoms with Crippen molar-refractivity contribution in [3.8, 4) is 0 Å². The van der Waals surface area contributed by atoms with E-state index >= 15 is 0 Å². The van der Waals surface area contributed by atoms with E-state index in [2.05, 4.69) is 26.1 Å². The van der Waals surface area contributed by atoms with E-state index in [-0.39, 0.29) is 23.9 Å². The summed E-state index contributed by atoms with van der Waals surface area (Å²) in [5.41, 5.74) is 2.27. The number of nitrogens with zero attached hydrogens (tertiary/aromatic N) is 1. The first-order chi connectivity index (χ1) is 13.1. The largest absolute Gasteiger partial charge is 0.480 e. The molecule has 0 aliphatic heterocycles. The molecule has 0 aromatic heterocycles. The van der Waals surface area contributed by atoms with E-state index in [0.29, 0.717) is 5.56 Å². The highest BCUT2D eigenvalue weighted by atomic mass is 16.6. The van der Waals surface area contributed by atoms with Crippen LogP contribution in [0.25, 0.3) is 0 Å². The maximum atomic E-state index is 12.2. The van der Waals surface area contributed by atoms with Gasteiger partial charge in [-0.25, -0.2) is 4.79 Å². The number of aliphatic carboxylic acids is 1. The number of non-ortho nitro benzene ring substituents is 1. The molecule has 7 nitrogen and oxygen atoms in total. The second-order valence-electron chi connectivity index (χ2n) is 7.71. The summed E-state index contributed by atoms with van der Waals surface area (Å²) >= 11 is 0. The zero-order chi connectivity index (χ0) is 20.9. The molecular formula is C21H24N2O5. The molecule has 0 bridgehead atoms. The minimum Gasteiger partial charge on any atom is -0.480 e. The summed E-state index contributed by atoms with van der Waals surface area (Å²) in [6.45, 7) is 6.28. The van der Waals surface area contributed by atoms with Gasteiger partial charge in [-0.15, -0.1) is 0 Å². The summed E-state index contributed by atoms with van der Waals surface area (Å²) < 4.78 is 0. The number of amides is 1. The van der Waals surface area contributed by atoms with Crippen LogP contribution in [0.1, 0.15) is 37.5 Å². The van der Waals surface area contributed by atoms with Gasteiger partial charge in [0, 0.05) is 18.6 Å². The Morgan fingerprint density at radius 3 is 2.29 bits per heavy atom. The van der Waals surface area contributed by atoms with Crippen molar-refractivity contribution in [1.82, 2.24) is 5.32 Å². The number of rotatable bonds is 7. The van der Waals surface area contributed by atoms with Gasteiger partial charge in [0.15, 0.2) is 0 Å². The molecule has 0 spiro atoms. The van der Waals surface area contributed by atoms with E-state index in [1.807, 2.05) is 24.3 Å². The van der Waals surface area contributed by atoms with E-state index in [1.165, 1.54) is 18.2 Å². The fourth-order valence-electron chi connectivity index (χ4n) is 2.79. The second-order valence-corrected chi connectivity index (χ2v) is 7.71. The lowest BCUT2D eigenvalue weighted by Gasteiger charge is -2.20. The highest BCUT2D eigenvalue weighted by Gasteiger charge is 2.21. The zero-order valence-corrected chi connectivity index (χ0v) is 16.1. The number of benzene rings is 2. The number of carboxylic acids is 1. The Hall–Kier alpha value is -3.22. The molecule has 2 aromatic rings. The number of carboxylic acid groups (broad SMARTS) is 1. The molecule has 1 amide bonds. The Kier molecular flexibility index (Phi) is 6.51. The summed E-state index contributed by atoms with van der Waals surface area (Å²) in [6.07, 6.45) is 0.0227. The predicted octanol–water partition coefficient (Wildman–Crippen LogP) is 3.25. The summed E-state index contributed by atoms with van der Waals surface area (Å²) in [5.74, 6) is -1.63. The first kappa shape index (κ1) is 21.1. The van der Waals surface area contributed by atoms with Crippen LogP contribution in [-0.2, 0) is 27.8 Å². The summed E-state index contributed by atoms with van der Waals surface area (Å²) in [4.78, 5) is 34.1. The Balaban J connectivity index is 2.04. The fraction of sp³-hybridized carbons (Fsp3) is 0.333. The summed E-state index contributed by atoms with van der Waals surface area (Å²) in [7, 11) is 0. The molecule has 2 rings (SSSR count). The quantitative estimate of drug-likeness (QED) is 0.562. The van der Waals surface area contributed by atoms with Gasteiger partial charge in [-0.2, -0.15) is 0 Å². The van der Waals surface area contributed by atoms with Gasteiger partial charge in [0.05, 0.1) is 11.3 Å². The number of hydrogen-bond acceptors (Lipinski definition) is 4. The van der Waals surface area contributed by atoms with Crippen molar-refractivity contribution >= 4 is 17.6 Å². The molecule has 2 N–H and O–H groups in total. The van der Waals surface area contributed by atoms with Crippen LogP contribution in [0.4, 0.5) is 5.69 Å². The topological polar surface area (TPSA) is 110 Å². The molecule has 2 aromatic carbocycles. The molecule has 0 radical (unpaired) electrons. The lowest BCUT2D eigenvalue weighted by atomic mass is 9.86. The molecule has 0 saturated carbocycles. The van der Waals surface area contributed by atoms with Crippen LogP contribution in [0.3, 0.4) is 0 Å². The minimum absolute atomic E-state index is 0.00274. The summed E-state index contributed by atoms with van der Waals surface area (Å²) in [6, 6.07) is 12.3. The van der Waals surface area contributed by atoms with Crippen molar-refractivity contribution in [3.63, 3.8) is 0 Å². The Morgan fingerprint density at radius 2 is 1.75 bits per heavy atom. The van der Waals surface area contributed by atoms with Gasteiger partial charge in [0.2, 0.25) is 5.91 Å². The molecule has 0 heterocycles. The molecule has 148 valence electrons. The SMILES string of the molecule is CC(C)(C)c1ccc(C[C@H](NC(=O)Cc2cccc([N+](=O)[O-])c2)C(=O)O)cc1. The second kappa shape index (κ2) is 8.65. The van der Waals surface area contributed by atoms with Crippen molar-refractivity contribution in [2.75, 3.05) is 0 Å². The fourth-order valence-corrected chi connectivity index (χ4v) is 2.79. The third kappa shape index (κ3) is 5.90. The van der Waals surface area contributed by atoms with Crippen LogP contribution in [-0.4, -0.2) is 27.9 Å². The molecule has 1 atom stereocenters. The van der Waals surface area contributed by atoms with Gasteiger partial charge >= 0.3 is 5.97 Å². The van der Waals surface area contributed by atoms with E-state index in [0.717, 1.165) is 11.1 Å². The average Bonchev–Trinajstić information content (AvgIpc) is 2.61. The first-order valence-electron chi connectivity index (χ1n) is 8.91. The molecule has 0 unspecified atom stereocenters. The maximum Gasteiger partial charge on any atom is 0.326 e. The number of nitrogens with one attached hydrogen (secondary N) is 1. The van der Waals surface area contributed by atoms with Gasteiger partial charge < -0.3 is 10.4 Å². The molecule has 0 aliphatic carbocycles. The summed E-state index contributed by atoms with van der Waals surface area (Å²) in [5, 5.41) is 22.8. The van der Waals surface area contributed by atoms with Crippen molar-refractivity contribution in [2.24, 2.45) is 0 Å². The smallest absolute Gasteiger partial charge is 0.326 e. The van der Waals surface area contributed by atoms with Crippen molar-refractivity contribution in [1.29, 1.82) is 0 Å².